The highest BCUT2D eigenvalue weighted by Crippen LogP contribution is 2.22. The normalized spacial score (nSPS) is 12.4. The lowest BCUT2D eigenvalue weighted by atomic mass is 10.0. The van der Waals surface area contributed by atoms with Crippen LogP contribution < -0.4 is 10.0 Å². The zero-order chi connectivity index (χ0) is 14.7. The van der Waals surface area contributed by atoms with Gasteiger partial charge in [-0.05, 0) is 20.3 Å². The molecule has 0 saturated heterocycles. The number of aromatic nitrogens is 2. The number of rotatable bonds is 6. The first kappa shape index (κ1) is 16.5. The second kappa shape index (κ2) is 6.25. The zero-order valence-corrected chi connectivity index (χ0v) is 13.9. The number of carbonyl (C=O) groups excluding carboxylic acids is 1. The van der Waals surface area contributed by atoms with Crippen LogP contribution in [0.3, 0.4) is 0 Å². The Balaban J connectivity index is 2.89. The van der Waals surface area contributed by atoms with E-state index in [0.29, 0.717) is 11.8 Å². The van der Waals surface area contributed by atoms with Gasteiger partial charge in [0.1, 0.15) is 0 Å². The van der Waals surface area contributed by atoms with Crippen molar-refractivity contribution in [3.05, 3.63) is 0 Å². The van der Waals surface area contributed by atoms with Crippen molar-refractivity contribution < 1.29 is 13.2 Å². The third kappa shape index (κ3) is 5.13. The van der Waals surface area contributed by atoms with E-state index in [2.05, 4.69) is 36.2 Å². The van der Waals surface area contributed by atoms with Crippen LogP contribution in [0.25, 0.3) is 0 Å². The standard InChI is InChI=1S/C9H15BrN4O3S2/c1-6(15)11-7-12-13-8(18-7)19(16,17)14-9(2,3)4-5-10/h14H,4-5H2,1-3H3,(H,11,12,15). The van der Waals surface area contributed by atoms with E-state index in [1.54, 1.807) is 13.8 Å². The van der Waals surface area contributed by atoms with Crippen molar-refractivity contribution in [1.29, 1.82) is 0 Å². The Morgan fingerprint density at radius 2 is 2.05 bits per heavy atom. The molecule has 1 amide bonds. The first-order valence-electron chi connectivity index (χ1n) is 5.37. The predicted molar refractivity (Wildman–Crippen MR) is 77.0 cm³/mol. The fourth-order valence-corrected chi connectivity index (χ4v) is 4.59. The third-order valence-corrected chi connectivity index (χ3v) is 5.35. The Morgan fingerprint density at radius 3 is 2.58 bits per heavy atom. The van der Waals surface area contributed by atoms with Crippen molar-refractivity contribution >= 4 is 48.3 Å². The molecule has 7 nitrogen and oxygen atoms in total. The fraction of sp³-hybridized carbons (Fsp3) is 0.667. The molecule has 0 aromatic carbocycles. The highest BCUT2D eigenvalue weighted by molar-refractivity contribution is 9.09. The number of alkyl halides is 1. The molecule has 1 rings (SSSR count). The van der Waals surface area contributed by atoms with Gasteiger partial charge in [0.2, 0.25) is 15.4 Å². The van der Waals surface area contributed by atoms with Crippen molar-refractivity contribution in [2.24, 2.45) is 0 Å². The molecule has 0 atom stereocenters. The molecule has 0 unspecified atom stereocenters. The van der Waals surface area contributed by atoms with Crippen LogP contribution >= 0.6 is 27.3 Å². The molecule has 10 heteroatoms. The maximum absolute atomic E-state index is 12.1. The second-order valence-electron chi connectivity index (χ2n) is 4.48. The lowest BCUT2D eigenvalue weighted by Gasteiger charge is -2.23. The maximum Gasteiger partial charge on any atom is 0.270 e. The third-order valence-electron chi connectivity index (χ3n) is 2.05. The van der Waals surface area contributed by atoms with Crippen molar-refractivity contribution in [1.82, 2.24) is 14.9 Å². The Morgan fingerprint density at radius 1 is 1.42 bits per heavy atom. The van der Waals surface area contributed by atoms with Crippen molar-refractivity contribution in [3.63, 3.8) is 0 Å². The van der Waals surface area contributed by atoms with Crippen LogP contribution in [-0.2, 0) is 14.8 Å². The molecule has 0 aliphatic heterocycles. The fourth-order valence-electron chi connectivity index (χ4n) is 1.21. The van der Waals surface area contributed by atoms with Crippen LogP contribution in [0.4, 0.5) is 5.13 Å². The first-order valence-corrected chi connectivity index (χ1v) is 8.79. The minimum absolute atomic E-state index is 0.158. The Hall–Kier alpha value is -0.580. The van der Waals surface area contributed by atoms with Gasteiger partial charge in [0, 0.05) is 17.8 Å². The monoisotopic (exact) mass is 370 g/mol. The number of halogens is 1. The molecule has 0 radical (unpaired) electrons. The van der Waals surface area contributed by atoms with Gasteiger partial charge in [-0.3, -0.25) is 4.79 Å². The number of hydrogen-bond donors (Lipinski definition) is 2. The molecular weight excluding hydrogens is 356 g/mol. The summed E-state index contributed by atoms with van der Waals surface area (Å²) in [4.78, 5) is 10.8. The second-order valence-corrected chi connectivity index (χ2v) is 8.11. The largest absolute Gasteiger partial charge is 0.301 e. The van der Waals surface area contributed by atoms with E-state index in [1.165, 1.54) is 6.92 Å². The Bertz CT molecular complexity index is 556. The summed E-state index contributed by atoms with van der Waals surface area (Å²) in [6.07, 6.45) is 0.629. The average molecular weight is 371 g/mol. The van der Waals surface area contributed by atoms with Crippen LogP contribution in [0.15, 0.2) is 4.34 Å². The number of nitrogens with zero attached hydrogens (tertiary/aromatic N) is 2. The summed E-state index contributed by atoms with van der Waals surface area (Å²) in [7, 11) is -3.73. The van der Waals surface area contributed by atoms with E-state index in [1.807, 2.05) is 0 Å². The molecule has 108 valence electrons. The highest BCUT2D eigenvalue weighted by atomic mass is 79.9. The Labute approximate surface area is 124 Å². The van der Waals surface area contributed by atoms with Gasteiger partial charge in [-0.25, -0.2) is 13.1 Å². The molecule has 2 N–H and O–H groups in total. The van der Waals surface area contributed by atoms with E-state index >= 15 is 0 Å². The summed E-state index contributed by atoms with van der Waals surface area (Å²) in [6.45, 7) is 4.87. The Kier molecular flexibility index (Phi) is 5.42. The minimum atomic E-state index is -3.73. The maximum atomic E-state index is 12.1. The van der Waals surface area contributed by atoms with Crippen molar-refractivity contribution in [2.75, 3.05) is 10.6 Å². The predicted octanol–water partition coefficient (Wildman–Crippen LogP) is 1.34. The number of carbonyl (C=O) groups is 1. The van der Waals surface area contributed by atoms with E-state index in [0.717, 1.165) is 11.3 Å². The summed E-state index contributed by atoms with van der Waals surface area (Å²) >= 11 is 4.08. The topological polar surface area (TPSA) is 101 Å². The van der Waals surface area contributed by atoms with E-state index < -0.39 is 15.6 Å². The summed E-state index contributed by atoms with van der Waals surface area (Å²) in [5.74, 6) is -0.326. The molecule has 0 aliphatic rings. The van der Waals surface area contributed by atoms with Gasteiger partial charge in [-0.1, -0.05) is 27.3 Å². The lowest BCUT2D eigenvalue weighted by molar-refractivity contribution is -0.114. The van der Waals surface area contributed by atoms with Gasteiger partial charge in [-0.2, -0.15) is 0 Å². The molecule has 0 aliphatic carbocycles. The van der Waals surface area contributed by atoms with Gasteiger partial charge in [0.05, 0.1) is 0 Å². The van der Waals surface area contributed by atoms with Crippen molar-refractivity contribution in [2.45, 2.75) is 37.1 Å². The molecule has 0 fully saturated rings. The van der Waals surface area contributed by atoms with E-state index in [4.69, 9.17) is 0 Å². The molecule has 19 heavy (non-hydrogen) atoms. The summed E-state index contributed by atoms with van der Waals surface area (Å²) in [5, 5.41) is 10.4. The zero-order valence-electron chi connectivity index (χ0n) is 10.7. The number of sulfonamides is 1. The van der Waals surface area contributed by atoms with Gasteiger partial charge in [0.15, 0.2) is 0 Å². The first-order chi connectivity index (χ1) is 8.66. The number of amides is 1. The minimum Gasteiger partial charge on any atom is -0.301 e. The number of nitrogens with one attached hydrogen (secondary N) is 2. The SMILES string of the molecule is CC(=O)Nc1nnc(S(=O)(=O)NC(C)(C)CCBr)s1. The van der Waals surface area contributed by atoms with Gasteiger partial charge in [0.25, 0.3) is 10.0 Å². The molecular formula is C9H15BrN4O3S2. The molecule has 1 heterocycles. The average Bonchev–Trinajstić information content (AvgIpc) is 2.63. The molecule has 0 spiro atoms. The van der Waals surface area contributed by atoms with Gasteiger partial charge < -0.3 is 5.32 Å². The number of anilines is 1. The molecule has 0 saturated carbocycles. The van der Waals surface area contributed by atoms with Crippen molar-refractivity contribution in [3.8, 4) is 0 Å². The molecule has 1 aromatic heterocycles. The lowest BCUT2D eigenvalue weighted by Crippen LogP contribution is -2.43. The van der Waals surface area contributed by atoms with Crippen LogP contribution in [0.2, 0.25) is 0 Å². The summed E-state index contributed by atoms with van der Waals surface area (Å²) < 4.78 is 26.6. The van der Waals surface area contributed by atoms with Gasteiger partial charge in [-0.15, -0.1) is 10.2 Å². The number of hydrogen-bond acceptors (Lipinski definition) is 6. The van der Waals surface area contributed by atoms with Crippen LogP contribution in [-0.4, -0.2) is 35.4 Å². The van der Waals surface area contributed by atoms with Crippen LogP contribution in [0.1, 0.15) is 27.2 Å². The quantitative estimate of drug-likeness (QED) is 0.581. The van der Waals surface area contributed by atoms with Gasteiger partial charge >= 0.3 is 0 Å². The van der Waals surface area contributed by atoms with E-state index in [-0.39, 0.29) is 15.4 Å². The molecule has 0 bridgehead atoms. The summed E-state index contributed by atoms with van der Waals surface area (Å²) in [5.41, 5.74) is -0.595. The molecule has 1 aromatic rings. The summed E-state index contributed by atoms with van der Waals surface area (Å²) in [6, 6.07) is 0. The highest BCUT2D eigenvalue weighted by Gasteiger charge is 2.28. The smallest absolute Gasteiger partial charge is 0.270 e. The van der Waals surface area contributed by atoms with E-state index in [9.17, 15) is 13.2 Å². The van der Waals surface area contributed by atoms with Crippen LogP contribution in [0.5, 0.6) is 0 Å². The van der Waals surface area contributed by atoms with Crippen LogP contribution in [0, 0.1) is 0 Å².